The van der Waals surface area contributed by atoms with E-state index >= 15 is 0 Å². The van der Waals surface area contributed by atoms with Gasteiger partial charge in [0.2, 0.25) is 0 Å². The molecule has 3 aromatic rings. The molecule has 106 valence electrons. The molecule has 3 rings (SSSR count). The molecule has 0 bridgehead atoms. The van der Waals surface area contributed by atoms with Crippen molar-refractivity contribution in [2.45, 2.75) is 33.6 Å². The number of hydrogen-bond acceptors (Lipinski definition) is 0. The minimum atomic E-state index is 0.540. The second kappa shape index (κ2) is 5.37. The lowest BCUT2D eigenvalue weighted by Gasteiger charge is -2.21. The lowest BCUT2D eigenvalue weighted by atomic mass is 9.83. The lowest BCUT2D eigenvalue weighted by molar-refractivity contribution is 0.864. The van der Waals surface area contributed by atoms with E-state index in [-0.39, 0.29) is 0 Å². The van der Waals surface area contributed by atoms with Crippen molar-refractivity contribution < 1.29 is 0 Å². The first-order valence-corrected chi connectivity index (χ1v) is 7.68. The van der Waals surface area contributed by atoms with E-state index in [9.17, 15) is 0 Å². The van der Waals surface area contributed by atoms with Crippen molar-refractivity contribution in [2.75, 3.05) is 0 Å². The van der Waals surface area contributed by atoms with E-state index in [1.54, 1.807) is 0 Å². The second-order valence-corrected chi connectivity index (χ2v) is 6.10. The number of fused-ring (bicyclic) bond motifs is 1. The van der Waals surface area contributed by atoms with Gasteiger partial charge in [-0.15, -0.1) is 0 Å². The average molecular weight is 274 g/mol. The molecule has 0 heterocycles. The Morgan fingerprint density at radius 3 is 1.86 bits per heavy atom. The van der Waals surface area contributed by atoms with Gasteiger partial charge in [0.15, 0.2) is 0 Å². The molecule has 21 heavy (non-hydrogen) atoms. The van der Waals surface area contributed by atoms with Gasteiger partial charge in [-0.25, -0.2) is 0 Å². The summed E-state index contributed by atoms with van der Waals surface area (Å²) < 4.78 is 0. The highest BCUT2D eigenvalue weighted by atomic mass is 14.2. The zero-order valence-corrected chi connectivity index (χ0v) is 13.3. The molecule has 0 aliphatic rings. The maximum absolute atomic E-state index is 2.29. The molecule has 0 aliphatic carbocycles. The Bertz CT molecular complexity index is 780. The summed E-state index contributed by atoms with van der Waals surface area (Å²) in [5, 5.41) is 2.77. The Morgan fingerprint density at radius 2 is 1.24 bits per heavy atom. The van der Waals surface area contributed by atoms with Crippen molar-refractivity contribution in [1.82, 2.24) is 0 Å². The van der Waals surface area contributed by atoms with Crippen molar-refractivity contribution in [1.29, 1.82) is 0 Å². The average Bonchev–Trinajstić information content (AvgIpc) is 2.49. The van der Waals surface area contributed by atoms with Gasteiger partial charge in [-0.1, -0.05) is 68.4 Å². The van der Waals surface area contributed by atoms with E-state index in [1.807, 2.05) is 0 Å². The molecule has 0 amide bonds. The van der Waals surface area contributed by atoms with Crippen LogP contribution in [-0.4, -0.2) is 0 Å². The first kappa shape index (κ1) is 13.9. The third-order valence-electron chi connectivity index (χ3n) is 4.47. The Morgan fingerprint density at radius 1 is 0.667 bits per heavy atom. The van der Waals surface area contributed by atoms with Crippen LogP contribution in [-0.2, 0) is 0 Å². The fraction of sp³-hybridized carbons (Fsp3) is 0.238. The summed E-state index contributed by atoms with van der Waals surface area (Å²) in [6.45, 7) is 9.10. The first-order chi connectivity index (χ1) is 10.1. The summed E-state index contributed by atoms with van der Waals surface area (Å²) in [5.41, 5.74) is 7.02. The molecule has 0 aliphatic heterocycles. The second-order valence-electron chi connectivity index (χ2n) is 6.10. The first-order valence-electron chi connectivity index (χ1n) is 7.68. The van der Waals surface area contributed by atoms with E-state index in [4.69, 9.17) is 0 Å². The van der Waals surface area contributed by atoms with Gasteiger partial charge in [-0.05, 0) is 58.4 Å². The smallest absolute Gasteiger partial charge is 0.00733 e. The van der Waals surface area contributed by atoms with Crippen LogP contribution >= 0.6 is 0 Å². The maximum atomic E-state index is 2.29. The van der Waals surface area contributed by atoms with Crippen LogP contribution in [0.25, 0.3) is 21.9 Å². The minimum Gasteiger partial charge on any atom is -0.0622 e. The van der Waals surface area contributed by atoms with Gasteiger partial charge >= 0.3 is 0 Å². The molecule has 0 unspecified atom stereocenters. The topological polar surface area (TPSA) is 0 Å². The predicted octanol–water partition coefficient (Wildman–Crippen LogP) is 6.25. The van der Waals surface area contributed by atoms with Gasteiger partial charge in [0.05, 0.1) is 0 Å². The fourth-order valence-electron chi connectivity index (χ4n) is 3.45. The summed E-state index contributed by atoms with van der Waals surface area (Å²) in [6, 6.07) is 19.6. The van der Waals surface area contributed by atoms with Crippen molar-refractivity contribution in [3.8, 4) is 11.1 Å². The largest absolute Gasteiger partial charge is 0.0622 e. The summed E-state index contributed by atoms with van der Waals surface area (Å²) >= 11 is 0. The molecule has 0 radical (unpaired) electrons. The summed E-state index contributed by atoms with van der Waals surface area (Å²) in [4.78, 5) is 0. The summed E-state index contributed by atoms with van der Waals surface area (Å²) in [5.74, 6) is 0.540. The van der Waals surface area contributed by atoms with Crippen LogP contribution in [0.15, 0.2) is 54.6 Å². The highest BCUT2D eigenvalue weighted by Gasteiger charge is 2.16. The van der Waals surface area contributed by atoms with Gasteiger partial charge in [0, 0.05) is 0 Å². The molecule has 0 spiro atoms. The molecular weight excluding hydrogens is 252 g/mol. The molecular formula is C21H22. The molecule has 0 N–H and O–H groups in total. The fourth-order valence-corrected chi connectivity index (χ4v) is 3.45. The lowest BCUT2D eigenvalue weighted by Crippen LogP contribution is -2.00. The third kappa shape index (κ3) is 2.25. The monoisotopic (exact) mass is 274 g/mol. The maximum Gasteiger partial charge on any atom is -0.00733 e. The van der Waals surface area contributed by atoms with Crippen LogP contribution in [0.3, 0.4) is 0 Å². The van der Waals surface area contributed by atoms with Gasteiger partial charge < -0.3 is 0 Å². The molecule has 0 saturated heterocycles. The van der Waals surface area contributed by atoms with E-state index in [2.05, 4.69) is 82.3 Å². The molecule has 0 saturated carbocycles. The number of hydrogen-bond donors (Lipinski definition) is 0. The Kier molecular flexibility index (Phi) is 3.55. The number of rotatable bonds is 2. The van der Waals surface area contributed by atoms with Crippen molar-refractivity contribution in [2.24, 2.45) is 0 Å². The van der Waals surface area contributed by atoms with E-state index in [0.29, 0.717) is 5.92 Å². The third-order valence-corrected chi connectivity index (χ3v) is 4.47. The Balaban J connectivity index is 2.47. The van der Waals surface area contributed by atoms with Crippen LogP contribution in [0.4, 0.5) is 0 Å². The van der Waals surface area contributed by atoms with Gasteiger partial charge in [-0.2, -0.15) is 0 Å². The highest BCUT2D eigenvalue weighted by Crippen LogP contribution is 2.39. The standard InChI is InChI=1S/C21H22/c1-14(2)20-15(3)16(4)21(17-10-6-5-7-11-17)19-13-9-8-12-18(19)20/h5-14H,1-4H3. The Labute approximate surface area is 127 Å². The number of benzene rings is 3. The van der Waals surface area contributed by atoms with E-state index in [0.717, 1.165) is 0 Å². The SMILES string of the molecule is Cc1c(C)c(C(C)C)c2ccccc2c1-c1ccccc1. The van der Waals surface area contributed by atoms with Crippen LogP contribution in [0.1, 0.15) is 36.5 Å². The zero-order chi connectivity index (χ0) is 15.0. The van der Waals surface area contributed by atoms with E-state index < -0.39 is 0 Å². The van der Waals surface area contributed by atoms with Gasteiger partial charge in [0.25, 0.3) is 0 Å². The van der Waals surface area contributed by atoms with E-state index in [1.165, 1.54) is 38.6 Å². The van der Waals surface area contributed by atoms with Crippen LogP contribution in [0, 0.1) is 13.8 Å². The highest BCUT2D eigenvalue weighted by molar-refractivity contribution is 6.01. The van der Waals surface area contributed by atoms with Crippen LogP contribution < -0.4 is 0 Å². The van der Waals surface area contributed by atoms with Crippen LogP contribution in [0.2, 0.25) is 0 Å². The molecule has 3 aromatic carbocycles. The Hall–Kier alpha value is -2.08. The van der Waals surface area contributed by atoms with Crippen molar-refractivity contribution in [3.63, 3.8) is 0 Å². The van der Waals surface area contributed by atoms with Gasteiger partial charge in [0.1, 0.15) is 0 Å². The molecule has 0 heteroatoms. The van der Waals surface area contributed by atoms with Crippen LogP contribution in [0.5, 0.6) is 0 Å². The molecule has 0 atom stereocenters. The minimum absolute atomic E-state index is 0.540. The quantitative estimate of drug-likeness (QED) is 0.518. The summed E-state index contributed by atoms with van der Waals surface area (Å²) in [6.07, 6.45) is 0. The van der Waals surface area contributed by atoms with Gasteiger partial charge in [-0.3, -0.25) is 0 Å². The predicted molar refractivity (Wildman–Crippen MR) is 92.9 cm³/mol. The zero-order valence-electron chi connectivity index (χ0n) is 13.3. The molecule has 0 aromatic heterocycles. The molecule has 0 fully saturated rings. The van der Waals surface area contributed by atoms with Crippen molar-refractivity contribution in [3.05, 3.63) is 71.3 Å². The summed E-state index contributed by atoms with van der Waals surface area (Å²) in [7, 11) is 0. The molecule has 0 nitrogen and oxygen atoms in total. The normalized spacial score (nSPS) is 11.3. The van der Waals surface area contributed by atoms with Crippen molar-refractivity contribution >= 4 is 10.8 Å².